The van der Waals surface area contributed by atoms with Crippen molar-refractivity contribution in [3.63, 3.8) is 0 Å². The Morgan fingerprint density at radius 2 is 1.94 bits per heavy atom. The number of imidazole rings is 1. The Morgan fingerprint density at radius 1 is 1.27 bits per heavy atom. The predicted molar refractivity (Wildman–Crippen MR) is 119 cm³/mol. The number of rotatable bonds is 5. The van der Waals surface area contributed by atoms with Crippen LogP contribution in [0.15, 0.2) is 52.0 Å². The highest BCUT2D eigenvalue weighted by atomic mass is 35.5. The van der Waals surface area contributed by atoms with E-state index in [0.717, 1.165) is 24.6 Å². The van der Waals surface area contributed by atoms with E-state index < -0.39 is 11.9 Å². The van der Waals surface area contributed by atoms with Crippen LogP contribution in [0.5, 0.6) is 0 Å². The van der Waals surface area contributed by atoms with Gasteiger partial charge in [0.25, 0.3) is 0 Å². The van der Waals surface area contributed by atoms with Crippen LogP contribution < -0.4 is 0 Å². The monoisotopic (exact) mass is 478 g/mol. The zero-order chi connectivity index (χ0) is 23.9. The number of carbonyl (C=O) groups excluding carboxylic acids is 1. The number of carbonyl (C=O) groups is 1. The smallest absolute Gasteiger partial charge is 0.341 e. The lowest BCUT2D eigenvalue weighted by molar-refractivity contribution is -0.141. The Kier molecular flexibility index (Phi) is 6.04. The van der Waals surface area contributed by atoms with E-state index in [4.69, 9.17) is 11.6 Å². The highest BCUT2D eigenvalue weighted by Crippen LogP contribution is 2.35. The molecule has 1 saturated carbocycles. The van der Waals surface area contributed by atoms with Crippen molar-refractivity contribution in [3.8, 4) is 11.4 Å². The minimum atomic E-state index is -4.51. The van der Waals surface area contributed by atoms with Crippen molar-refractivity contribution in [1.29, 1.82) is 0 Å². The number of hydrogen-bond donors (Lipinski definition) is 0. The highest BCUT2D eigenvalue weighted by molar-refractivity contribution is 6.65. The molecule has 0 atom stereocenters. The first-order valence-electron chi connectivity index (χ1n) is 10.3. The average molecular weight is 479 g/mol. The largest absolute Gasteiger partial charge is 0.434 e. The van der Waals surface area contributed by atoms with Crippen molar-refractivity contribution < 1.29 is 18.0 Å². The number of nitrogens with zero attached hydrogens (tertiary/aromatic N) is 6. The Bertz CT molecular complexity index is 1150. The van der Waals surface area contributed by atoms with Crippen molar-refractivity contribution in [3.05, 3.63) is 53.2 Å². The summed E-state index contributed by atoms with van der Waals surface area (Å²) in [5.41, 5.74) is 1.17. The van der Waals surface area contributed by atoms with E-state index >= 15 is 0 Å². The predicted octanol–water partition coefficient (Wildman–Crippen LogP) is 4.40. The zero-order valence-electron chi connectivity index (χ0n) is 18.1. The zero-order valence-corrected chi connectivity index (χ0v) is 18.9. The van der Waals surface area contributed by atoms with Gasteiger partial charge in [0.2, 0.25) is 11.2 Å². The third-order valence-electron chi connectivity index (χ3n) is 5.57. The number of alkyl halides is 3. The molecular weight excluding hydrogens is 457 g/mol. The molecule has 0 unspecified atom stereocenters. The molecule has 1 aromatic carbocycles. The molecule has 11 heteroatoms. The van der Waals surface area contributed by atoms with Gasteiger partial charge in [-0.1, -0.05) is 24.3 Å². The van der Waals surface area contributed by atoms with Gasteiger partial charge in [-0.3, -0.25) is 4.79 Å². The maximum atomic E-state index is 13.0. The molecule has 174 valence electrons. The Balaban J connectivity index is 1.60. The highest BCUT2D eigenvalue weighted by Gasteiger charge is 2.39. The normalized spacial score (nSPS) is 17.8. The first-order valence-corrected chi connectivity index (χ1v) is 10.6. The molecule has 1 aromatic heterocycles. The summed E-state index contributed by atoms with van der Waals surface area (Å²) in [6, 6.07) is 7.19. The molecule has 2 aromatic rings. The number of aliphatic imine (C=N–C) groups is 2. The first kappa shape index (κ1) is 23.0. The Labute approximate surface area is 193 Å². The minimum Gasteiger partial charge on any atom is -0.341 e. The fourth-order valence-electron chi connectivity index (χ4n) is 3.90. The van der Waals surface area contributed by atoms with Crippen LogP contribution in [0.1, 0.15) is 31.0 Å². The van der Waals surface area contributed by atoms with Crippen molar-refractivity contribution in [1.82, 2.24) is 19.4 Å². The van der Waals surface area contributed by atoms with E-state index in [-0.39, 0.29) is 29.6 Å². The second-order valence-corrected chi connectivity index (χ2v) is 8.39. The van der Waals surface area contributed by atoms with E-state index in [1.807, 2.05) is 11.8 Å². The van der Waals surface area contributed by atoms with Gasteiger partial charge in [-0.2, -0.15) is 18.2 Å². The molecule has 2 aliphatic rings. The second kappa shape index (κ2) is 8.66. The summed E-state index contributed by atoms with van der Waals surface area (Å²) in [6.07, 6.45) is -1.63. The number of amidine groups is 1. The van der Waals surface area contributed by atoms with Crippen molar-refractivity contribution >= 4 is 29.5 Å². The summed E-state index contributed by atoms with van der Waals surface area (Å²) in [7, 11) is 1.52. The lowest BCUT2D eigenvalue weighted by atomic mass is 10.1. The molecular formula is C22H22ClF3N6O. The average Bonchev–Trinajstić information content (AvgIpc) is 3.50. The number of amides is 1. The van der Waals surface area contributed by atoms with Gasteiger partial charge in [0, 0.05) is 31.4 Å². The molecule has 1 fully saturated rings. The molecule has 1 aliphatic heterocycles. The van der Waals surface area contributed by atoms with E-state index in [9.17, 15) is 18.0 Å². The van der Waals surface area contributed by atoms with Crippen LogP contribution in [0.4, 0.5) is 13.2 Å². The number of hydrogen-bond acceptors (Lipinski definition) is 4. The van der Waals surface area contributed by atoms with Crippen molar-refractivity contribution in [2.45, 2.75) is 38.5 Å². The SMILES string of the molecule is C=NC(Cl)=NC1=C(C)N(C2CC2)C(=O)CN1Cc1ccc(-c2nc(C(F)(F)F)cn2C)cc1. The first-order chi connectivity index (χ1) is 15.6. The van der Waals surface area contributed by atoms with E-state index in [1.165, 1.54) is 11.6 Å². The van der Waals surface area contributed by atoms with Crippen LogP contribution in [-0.4, -0.2) is 49.9 Å². The van der Waals surface area contributed by atoms with Gasteiger partial charge in [-0.15, -0.1) is 0 Å². The van der Waals surface area contributed by atoms with Crippen LogP contribution in [-0.2, 0) is 24.6 Å². The van der Waals surface area contributed by atoms with Gasteiger partial charge in [0.15, 0.2) is 11.5 Å². The molecule has 1 aliphatic carbocycles. The molecule has 0 saturated heterocycles. The molecule has 33 heavy (non-hydrogen) atoms. The topological polar surface area (TPSA) is 66.1 Å². The maximum absolute atomic E-state index is 13.0. The molecule has 0 spiro atoms. The Morgan fingerprint density at radius 3 is 2.48 bits per heavy atom. The molecule has 4 rings (SSSR count). The number of allylic oxidation sites excluding steroid dienone is 1. The van der Waals surface area contributed by atoms with Gasteiger partial charge in [0.05, 0.1) is 12.2 Å². The van der Waals surface area contributed by atoms with Gasteiger partial charge in [-0.25, -0.2) is 9.98 Å². The summed E-state index contributed by atoms with van der Waals surface area (Å²) >= 11 is 6.02. The van der Waals surface area contributed by atoms with Crippen LogP contribution in [0.25, 0.3) is 11.4 Å². The standard InChI is InChI=1S/C22H22ClF3N6O/c1-13-19(29-21(23)27-2)31(12-18(33)32(13)16-8-9-16)10-14-4-6-15(7-5-14)20-28-17(11-30(20)3)22(24,25)26/h4-7,11,16H,2,8-10,12H2,1,3H3. The van der Waals surface area contributed by atoms with Gasteiger partial charge in [0.1, 0.15) is 5.82 Å². The molecule has 1 amide bonds. The summed E-state index contributed by atoms with van der Waals surface area (Å²) in [4.78, 5) is 28.1. The summed E-state index contributed by atoms with van der Waals surface area (Å²) < 4.78 is 40.3. The third kappa shape index (κ3) is 4.80. The molecule has 0 radical (unpaired) electrons. The van der Waals surface area contributed by atoms with Crippen LogP contribution in [0.2, 0.25) is 0 Å². The Hall–Kier alpha value is -3.14. The molecule has 0 bridgehead atoms. The lowest BCUT2D eigenvalue weighted by Crippen LogP contribution is -2.46. The van der Waals surface area contributed by atoms with Gasteiger partial charge >= 0.3 is 6.18 Å². The quantitative estimate of drug-likeness (QED) is 0.363. The molecule has 0 N–H and O–H groups in total. The minimum absolute atomic E-state index is 0.0130. The third-order valence-corrected chi connectivity index (χ3v) is 5.78. The molecule has 7 nitrogen and oxygen atoms in total. The van der Waals surface area contributed by atoms with Crippen LogP contribution in [0, 0.1) is 0 Å². The second-order valence-electron chi connectivity index (χ2n) is 8.05. The number of aromatic nitrogens is 2. The summed E-state index contributed by atoms with van der Waals surface area (Å²) in [5.74, 6) is 0.745. The summed E-state index contributed by atoms with van der Waals surface area (Å²) in [5, 5.41) is -0.0231. The van der Waals surface area contributed by atoms with Crippen molar-refractivity contribution in [2.24, 2.45) is 17.0 Å². The number of aryl methyl sites for hydroxylation is 1. The lowest BCUT2D eigenvalue weighted by Gasteiger charge is -2.36. The van der Waals surface area contributed by atoms with E-state index in [1.54, 1.807) is 29.2 Å². The molecule has 2 heterocycles. The number of halogens is 4. The van der Waals surface area contributed by atoms with Crippen LogP contribution in [0.3, 0.4) is 0 Å². The number of benzene rings is 1. The van der Waals surface area contributed by atoms with E-state index in [0.29, 0.717) is 23.6 Å². The van der Waals surface area contributed by atoms with Crippen molar-refractivity contribution in [2.75, 3.05) is 6.54 Å². The fraction of sp³-hybridized carbons (Fsp3) is 0.364. The fourth-order valence-corrected chi connectivity index (χ4v) is 3.98. The van der Waals surface area contributed by atoms with Gasteiger partial charge in [-0.05, 0) is 43.6 Å². The van der Waals surface area contributed by atoms with Crippen LogP contribution >= 0.6 is 11.6 Å². The maximum Gasteiger partial charge on any atom is 0.434 e. The van der Waals surface area contributed by atoms with E-state index in [2.05, 4.69) is 21.7 Å². The summed E-state index contributed by atoms with van der Waals surface area (Å²) in [6.45, 7) is 5.71. The van der Waals surface area contributed by atoms with Gasteiger partial charge < -0.3 is 14.4 Å².